The fourth-order valence-corrected chi connectivity index (χ4v) is 3.86. The van der Waals surface area contributed by atoms with Gasteiger partial charge in [0.25, 0.3) is 5.91 Å². The number of para-hydroxylation sites is 1. The number of carbonyl (C=O) groups excluding carboxylic acids is 2. The number of carbonyl (C=O) groups is 2. The second kappa shape index (κ2) is 8.19. The Balaban J connectivity index is 1.48. The SMILES string of the molecule is Cc1nc2cc(C(=O)OCC(=O)Nc3sccc3C#N)ccc2n1-c1ccccc1. The van der Waals surface area contributed by atoms with E-state index in [0.29, 0.717) is 21.6 Å². The number of anilines is 1. The number of imidazole rings is 1. The third-order valence-corrected chi connectivity index (χ3v) is 5.28. The van der Waals surface area contributed by atoms with E-state index in [-0.39, 0.29) is 0 Å². The van der Waals surface area contributed by atoms with Crippen LogP contribution in [0.2, 0.25) is 0 Å². The number of nitrogens with zero attached hydrogens (tertiary/aromatic N) is 3. The van der Waals surface area contributed by atoms with Gasteiger partial charge in [0.2, 0.25) is 0 Å². The number of hydrogen-bond acceptors (Lipinski definition) is 6. The summed E-state index contributed by atoms with van der Waals surface area (Å²) >= 11 is 1.23. The largest absolute Gasteiger partial charge is 0.452 e. The molecule has 0 spiro atoms. The highest BCUT2D eigenvalue weighted by Gasteiger charge is 2.15. The number of benzene rings is 2. The normalized spacial score (nSPS) is 10.5. The van der Waals surface area contributed by atoms with Crippen molar-refractivity contribution in [3.8, 4) is 11.8 Å². The van der Waals surface area contributed by atoms with Gasteiger partial charge in [0.1, 0.15) is 16.9 Å². The van der Waals surface area contributed by atoms with Crippen molar-refractivity contribution in [3.63, 3.8) is 0 Å². The van der Waals surface area contributed by atoms with Crippen LogP contribution in [0, 0.1) is 18.3 Å². The summed E-state index contributed by atoms with van der Waals surface area (Å²) in [6.45, 7) is 1.45. The van der Waals surface area contributed by atoms with Gasteiger partial charge in [0.05, 0.1) is 22.2 Å². The molecule has 2 aromatic heterocycles. The maximum atomic E-state index is 12.4. The number of ether oxygens (including phenoxy) is 1. The Hall–Kier alpha value is -3.96. The van der Waals surface area contributed by atoms with Gasteiger partial charge in [-0.3, -0.25) is 9.36 Å². The average Bonchev–Trinajstić information content (AvgIpc) is 3.34. The zero-order chi connectivity index (χ0) is 21.1. The number of fused-ring (bicyclic) bond motifs is 1. The monoisotopic (exact) mass is 416 g/mol. The van der Waals surface area contributed by atoms with Crippen LogP contribution in [-0.4, -0.2) is 28.0 Å². The number of esters is 1. The quantitative estimate of drug-likeness (QED) is 0.495. The van der Waals surface area contributed by atoms with Crippen LogP contribution in [0.15, 0.2) is 60.0 Å². The van der Waals surface area contributed by atoms with Gasteiger partial charge in [0.15, 0.2) is 6.61 Å². The Morgan fingerprint density at radius 1 is 1.20 bits per heavy atom. The molecule has 0 unspecified atom stereocenters. The molecule has 148 valence electrons. The molecule has 0 atom stereocenters. The van der Waals surface area contributed by atoms with E-state index in [1.807, 2.05) is 54.0 Å². The van der Waals surface area contributed by atoms with Crippen LogP contribution >= 0.6 is 11.3 Å². The fraction of sp³-hybridized carbons (Fsp3) is 0.0909. The predicted molar refractivity (Wildman–Crippen MR) is 114 cm³/mol. The summed E-state index contributed by atoms with van der Waals surface area (Å²) in [5.41, 5.74) is 3.19. The molecule has 0 aliphatic carbocycles. The topological polar surface area (TPSA) is 97.0 Å². The molecule has 2 aromatic carbocycles. The maximum Gasteiger partial charge on any atom is 0.338 e. The van der Waals surface area contributed by atoms with Gasteiger partial charge < -0.3 is 10.1 Å². The molecule has 7 nitrogen and oxygen atoms in total. The molecule has 0 radical (unpaired) electrons. The summed E-state index contributed by atoms with van der Waals surface area (Å²) in [5, 5.41) is 13.7. The lowest BCUT2D eigenvalue weighted by Gasteiger charge is -2.07. The van der Waals surface area contributed by atoms with Gasteiger partial charge in [-0.25, -0.2) is 9.78 Å². The lowest BCUT2D eigenvalue weighted by molar-refractivity contribution is -0.119. The number of amides is 1. The van der Waals surface area contributed by atoms with Gasteiger partial charge in [-0.1, -0.05) is 18.2 Å². The van der Waals surface area contributed by atoms with Crippen molar-refractivity contribution < 1.29 is 14.3 Å². The van der Waals surface area contributed by atoms with Crippen LogP contribution in [0.25, 0.3) is 16.7 Å². The van der Waals surface area contributed by atoms with E-state index in [4.69, 9.17) is 10.00 Å². The molecule has 8 heteroatoms. The van der Waals surface area contributed by atoms with Crippen LogP contribution in [0.3, 0.4) is 0 Å². The Labute approximate surface area is 176 Å². The Bertz CT molecular complexity index is 1280. The molecule has 0 bridgehead atoms. The van der Waals surface area contributed by atoms with Crippen LogP contribution in [0.4, 0.5) is 5.00 Å². The lowest BCUT2D eigenvalue weighted by Crippen LogP contribution is -2.20. The van der Waals surface area contributed by atoms with Crippen molar-refractivity contribution in [2.24, 2.45) is 0 Å². The van der Waals surface area contributed by atoms with Crippen molar-refractivity contribution in [1.82, 2.24) is 9.55 Å². The van der Waals surface area contributed by atoms with E-state index in [0.717, 1.165) is 17.0 Å². The van der Waals surface area contributed by atoms with E-state index in [1.54, 1.807) is 23.6 Å². The lowest BCUT2D eigenvalue weighted by atomic mass is 10.2. The van der Waals surface area contributed by atoms with Crippen LogP contribution < -0.4 is 5.32 Å². The summed E-state index contributed by atoms with van der Waals surface area (Å²) < 4.78 is 7.12. The predicted octanol–water partition coefficient (Wildman–Crippen LogP) is 4.06. The summed E-state index contributed by atoms with van der Waals surface area (Å²) in [4.78, 5) is 29.0. The van der Waals surface area contributed by atoms with E-state index in [9.17, 15) is 9.59 Å². The molecule has 0 saturated carbocycles. The molecule has 4 aromatic rings. The number of rotatable bonds is 5. The molecular formula is C22H16N4O3S. The number of hydrogen-bond donors (Lipinski definition) is 1. The van der Waals surface area contributed by atoms with Gasteiger partial charge in [-0.15, -0.1) is 11.3 Å². The molecule has 0 aliphatic heterocycles. The van der Waals surface area contributed by atoms with E-state index < -0.39 is 18.5 Å². The minimum Gasteiger partial charge on any atom is -0.452 e. The Morgan fingerprint density at radius 3 is 2.77 bits per heavy atom. The van der Waals surface area contributed by atoms with Crippen molar-refractivity contribution in [1.29, 1.82) is 5.26 Å². The first-order valence-corrected chi connectivity index (χ1v) is 9.94. The minimum atomic E-state index is -0.620. The number of aryl methyl sites for hydroxylation is 1. The van der Waals surface area contributed by atoms with E-state index >= 15 is 0 Å². The highest BCUT2D eigenvalue weighted by Crippen LogP contribution is 2.23. The third kappa shape index (κ3) is 3.79. The summed E-state index contributed by atoms with van der Waals surface area (Å²) in [6, 6.07) is 18.5. The molecule has 4 rings (SSSR count). The molecule has 30 heavy (non-hydrogen) atoms. The zero-order valence-corrected chi connectivity index (χ0v) is 16.8. The standard InChI is InChI=1S/C22H16N4O3S/c1-14-24-18-11-15(7-8-19(18)26(14)17-5-3-2-4-6-17)22(28)29-13-20(27)25-21-16(12-23)9-10-30-21/h2-11H,13H2,1H3,(H,25,27). The molecule has 2 heterocycles. The first-order chi connectivity index (χ1) is 14.6. The summed E-state index contributed by atoms with van der Waals surface area (Å²) in [5.74, 6) is -0.330. The van der Waals surface area contributed by atoms with Gasteiger partial charge >= 0.3 is 5.97 Å². The number of nitrogens with one attached hydrogen (secondary N) is 1. The van der Waals surface area contributed by atoms with Crippen LogP contribution in [0.1, 0.15) is 21.7 Å². The van der Waals surface area contributed by atoms with Gasteiger partial charge in [-0.2, -0.15) is 5.26 Å². The third-order valence-electron chi connectivity index (χ3n) is 4.45. The van der Waals surface area contributed by atoms with E-state index in [1.165, 1.54) is 11.3 Å². The van der Waals surface area contributed by atoms with Gasteiger partial charge in [-0.05, 0) is 48.7 Å². The smallest absolute Gasteiger partial charge is 0.338 e. The zero-order valence-electron chi connectivity index (χ0n) is 16.0. The van der Waals surface area contributed by atoms with Crippen LogP contribution in [0.5, 0.6) is 0 Å². The number of thiophene rings is 1. The fourth-order valence-electron chi connectivity index (χ4n) is 3.10. The van der Waals surface area contributed by atoms with Crippen molar-refractivity contribution in [2.75, 3.05) is 11.9 Å². The second-order valence-corrected chi connectivity index (χ2v) is 7.35. The second-order valence-electron chi connectivity index (χ2n) is 6.43. The van der Waals surface area contributed by atoms with Crippen molar-refractivity contribution >= 4 is 39.2 Å². The molecule has 0 aliphatic rings. The summed E-state index contributed by atoms with van der Waals surface area (Å²) in [7, 11) is 0. The van der Waals surface area contributed by atoms with Crippen LogP contribution in [-0.2, 0) is 9.53 Å². The Kier molecular flexibility index (Phi) is 5.28. The van der Waals surface area contributed by atoms with Crippen molar-refractivity contribution in [3.05, 3.63) is 76.9 Å². The van der Waals surface area contributed by atoms with Crippen molar-refractivity contribution in [2.45, 2.75) is 6.92 Å². The molecule has 0 saturated heterocycles. The highest BCUT2D eigenvalue weighted by molar-refractivity contribution is 7.14. The first kappa shape index (κ1) is 19.4. The molecule has 0 fully saturated rings. The average molecular weight is 416 g/mol. The first-order valence-electron chi connectivity index (χ1n) is 9.06. The molecule has 1 N–H and O–H groups in total. The van der Waals surface area contributed by atoms with E-state index in [2.05, 4.69) is 10.3 Å². The molecular weight excluding hydrogens is 400 g/mol. The molecule has 1 amide bonds. The van der Waals surface area contributed by atoms with Gasteiger partial charge in [0, 0.05) is 5.69 Å². The Morgan fingerprint density at radius 2 is 2.00 bits per heavy atom. The summed E-state index contributed by atoms with van der Waals surface area (Å²) in [6.07, 6.45) is 0. The highest BCUT2D eigenvalue weighted by atomic mass is 32.1. The number of nitriles is 1. The number of aromatic nitrogens is 2. The minimum absolute atomic E-state index is 0.307. The maximum absolute atomic E-state index is 12.4.